The van der Waals surface area contributed by atoms with Crippen LogP contribution in [0.3, 0.4) is 0 Å². The largest absolute Gasteiger partial charge is 0.489 e. The number of hydrogen-bond donors (Lipinski definition) is 2. The minimum absolute atomic E-state index is 0.128. The van der Waals surface area contributed by atoms with E-state index >= 15 is 0 Å². The summed E-state index contributed by atoms with van der Waals surface area (Å²) in [5.41, 5.74) is 1.70. The smallest absolute Gasteiger partial charge is 0.348 e. The van der Waals surface area contributed by atoms with Gasteiger partial charge in [-0.05, 0) is 64.2 Å². The number of carboxylic acids is 1. The summed E-state index contributed by atoms with van der Waals surface area (Å²) >= 11 is 1.24. The molecule has 2 aromatic rings. The van der Waals surface area contributed by atoms with Gasteiger partial charge >= 0.3 is 5.97 Å². The lowest BCUT2D eigenvalue weighted by molar-refractivity contribution is 0.0341. The van der Waals surface area contributed by atoms with Crippen molar-refractivity contribution in [2.75, 3.05) is 31.6 Å². The molecule has 0 bridgehead atoms. The first kappa shape index (κ1) is 25.5. The first-order chi connectivity index (χ1) is 16.7. The number of carbonyl (C=O) groups is 1. The highest BCUT2D eigenvalue weighted by Gasteiger charge is 2.25. The van der Waals surface area contributed by atoms with Crippen molar-refractivity contribution in [1.29, 1.82) is 0 Å². The maximum absolute atomic E-state index is 11.8. The molecule has 35 heavy (non-hydrogen) atoms. The monoisotopic (exact) mass is 497 g/mol. The number of hydrogen-bond acceptors (Lipinski definition) is 7. The van der Waals surface area contributed by atoms with Crippen molar-refractivity contribution in [3.8, 4) is 17.6 Å². The molecule has 0 spiro atoms. The second-order valence-corrected chi connectivity index (χ2v) is 11.4. The minimum Gasteiger partial charge on any atom is -0.489 e. The molecule has 2 N–H and O–H groups in total. The molecule has 1 saturated heterocycles. The summed E-state index contributed by atoms with van der Waals surface area (Å²) < 4.78 is 11.7. The Morgan fingerprint density at radius 3 is 2.66 bits per heavy atom. The lowest BCUT2D eigenvalue weighted by Gasteiger charge is -2.30. The van der Waals surface area contributed by atoms with Crippen LogP contribution in [0.2, 0.25) is 0 Å². The summed E-state index contributed by atoms with van der Waals surface area (Å²) in [6.45, 7) is 10.4. The Morgan fingerprint density at radius 1 is 1.23 bits per heavy atom. The molecule has 0 atom stereocenters. The van der Waals surface area contributed by atoms with E-state index in [1.54, 1.807) is 6.20 Å². The van der Waals surface area contributed by atoms with E-state index in [1.807, 2.05) is 33.0 Å². The zero-order chi connectivity index (χ0) is 24.8. The maximum atomic E-state index is 11.8. The van der Waals surface area contributed by atoms with Crippen LogP contribution in [0.4, 0.5) is 5.69 Å². The van der Waals surface area contributed by atoms with Crippen molar-refractivity contribution >= 4 is 23.0 Å². The summed E-state index contributed by atoms with van der Waals surface area (Å²) in [6.07, 6.45) is 7.50. The van der Waals surface area contributed by atoms with Crippen LogP contribution in [0.15, 0.2) is 24.5 Å². The molecule has 2 aromatic heterocycles. The number of rotatable bonds is 7. The fourth-order valence-electron chi connectivity index (χ4n) is 4.34. The number of nitrogens with zero attached hydrogens (tertiary/aromatic N) is 2. The lowest BCUT2D eigenvalue weighted by atomic mass is 9.92. The van der Waals surface area contributed by atoms with Gasteiger partial charge < -0.3 is 19.9 Å². The van der Waals surface area contributed by atoms with Crippen LogP contribution >= 0.6 is 11.3 Å². The van der Waals surface area contributed by atoms with Gasteiger partial charge in [0.15, 0.2) is 0 Å². The normalized spacial score (nSPS) is 21.1. The Bertz CT molecular complexity index is 1070. The van der Waals surface area contributed by atoms with E-state index in [2.05, 4.69) is 33.1 Å². The predicted octanol–water partition coefficient (Wildman–Crippen LogP) is 4.87. The number of morpholine rings is 1. The Balaban J connectivity index is 1.31. The molecule has 2 aliphatic rings. The number of nitrogens with one attached hydrogen (secondary N) is 1. The molecule has 8 heteroatoms. The van der Waals surface area contributed by atoms with Gasteiger partial charge in [0.1, 0.15) is 10.6 Å². The molecule has 0 aromatic carbocycles. The van der Waals surface area contributed by atoms with E-state index in [0.717, 1.165) is 74.7 Å². The highest BCUT2D eigenvalue weighted by molar-refractivity contribution is 7.15. The number of pyridine rings is 1. The lowest BCUT2D eigenvalue weighted by Crippen LogP contribution is -2.35. The summed E-state index contributed by atoms with van der Waals surface area (Å²) in [7, 11) is 0. The van der Waals surface area contributed by atoms with Gasteiger partial charge in [0.2, 0.25) is 0 Å². The second-order valence-electron chi connectivity index (χ2n) is 10.3. The van der Waals surface area contributed by atoms with Gasteiger partial charge in [0.05, 0.1) is 36.1 Å². The van der Waals surface area contributed by atoms with Gasteiger partial charge in [-0.2, -0.15) is 0 Å². The number of ether oxygens (including phenoxy) is 2. The van der Waals surface area contributed by atoms with Crippen molar-refractivity contribution in [3.05, 3.63) is 39.8 Å². The van der Waals surface area contributed by atoms with Crippen LogP contribution in [-0.2, 0) is 11.3 Å². The van der Waals surface area contributed by atoms with E-state index in [9.17, 15) is 9.90 Å². The van der Waals surface area contributed by atoms with E-state index in [1.165, 1.54) is 11.3 Å². The standard InChI is InChI=1S/C27H35N3O4S/c1-27(2,3)9-8-23-15-24(25(35-23)26(31)32)29-20-4-6-21(7-5-20)34-22-14-19(16-28-17-22)18-30-10-12-33-13-11-30/h14-17,20-21,29H,4-7,10-13,18H2,1-3H3,(H,31,32). The van der Waals surface area contributed by atoms with Crippen molar-refractivity contribution < 1.29 is 19.4 Å². The van der Waals surface area contributed by atoms with Crippen molar-refractivity contribution in [1.82, 2.24) is 9.88 Å². The zero-order valence-electron chi connectivity index (χ0n) is 20.8. The van der Waals surface area contributed by atoms with E-state index < -0.39 is 5.97 Å². The fraction of sp³-hybridized carbons (Fsp3) is 0.556. The Hall–Kier alpha value is -2.60. The first-order valence-corrected chi connectivity index (χ1v) is 13.1. The van der Waals surface area contributed by atoms with Crippen LogP contribution in [0, 0.1) is 17.3 Å². The van der Waals surface area contributed by atoms with Crippen LogP contribution in [0.1, 0.15) is 66.6 Å². The van der Waals surface area contributed by atoms with Crippen LogP contribution in [0.25, 0.3) is 0 Å². The fourth-order valence-corrected chi connectivity index (χ4v) is 5.15. The van der Waals surface area contributed by atoms with E-state index in [4.69, 9.17) is 9.47 Å². The molecule has 188 valence electrons. The van der Waals surface area contributed by atoms with Gasteiger partial charge in [0, 0.05) is 37.3 Å². The Labute approximate surface area is 211 Å². The van der Waals surface area contributed by atoms with Gasteiger partial charge in [-0.3, -0.25) is 9.88 Å². The zero-order valence-corrected chi connectivity index (χ0v) is 21.6. The molecule has 0 radical (unpaired) electrons. The van der Waals surface area contributed by atoms with E-state index in [-0.39, 0.29) is 17.6 Å². The molecule has 7 nitrogen and oxygen atoms in total. The average Bonchev–Trinajstić information content (AvgIpc) is 3.23. The quantitative estimate of drug-likeness (QED) is 0.528. The van der Waals surface area contributed by atoms with Crippen LogP contribution in [0.5, 0.6) is 5.75 Å². The summed E-state index contributed by atoms with van der Waals surface area (Å²) in [5, 5.41) is 13.1. The number of aromatic carboxylic acids is 1. The van der Waals surface area contributed by atoms with Gasteiger partial charge in [-0.25, -0.2) is 4.79 Å². The SMILES string of the molecule is CC(C)(C)C#Cc1cc(NC2CCC(Oc3cncc(CN4CCOCC4)c3)CC2)c(C(=O)O)s1. The average molecular weight is 498 g/mol. The molecule has 0 amide bonds. The van der Waals surface area contributed by atoms with Crippen molar-refractivity contribution in [2.24, 2.45) is 5.41 Å². The van der Waals surface area contributed by atoms with Gasteiger partial charge in [-0.15, -0.1) is 11.3 Å². The number of thiophene rings is 1. The maximum Gasteiger partial charge on any atom is 0.348 e. The van der Waals surface area contributed by atoms with Gasteiger partial charge in [-0.1, -0.05) is 11.8 Å². The summed E-state index contributed by atoms with van der Waals surface area (Å²) in [4.78, 5) is 19.6. The number of aromatic nitrogens is 1. The molecule has 1 aliphatic carbocycles. The highest BCUT2D eigenvalue weighted by atomic mass is 32.1. The summed E-state index contributed by atoms with van der Waals surface area (Å²) in [5.74, 6) is 6.22. The third kappa shape index (κ3) is 7.69. The summed E-state index contributed by atoms with van der Waals surface area (Å²) in [6, 6.07) is 4.19. The molecule has 1 aliphatic heterocycles. The van der Waals surface area contributed by atoms with Crippen LogP contribution in [-0.4, -0.2) is 59.4 Å². The third-order valence-corrected chi connectivity index (χ3v) is 7.14. The predicted molar refractivity (Wildman–Crippen MR) is 138 cm³/mol. The molecular weight excluding hydrogens is 462 g/mol. The molecule has 2 fully saturated rings. The first-order valence-electron chi connectivity index (χ1n) is 12.3. The van der Waals surface area contributed by atoms with Crippen LogP contribution < -0.4 is 10.1 Å². The van der Waals surface area contributed by atoms with E-state index in [0.29, 0.717) is 10.6 Å². The second kappa shape index (κ2) is 11.4. The Morgan fingerprint density at radius 2 is 1.97 bits per heavy atom. The topological polar surface area (TPSA) is 83.9 Å². The Kier molecular flexibility index (Phi) is 8.32. The molecular formula is C27H35N3O4S. The molecule has 4 rings (SSSR count). The molecule has 1 saturated carbocycles. The van der Waals surface area contributed by atoms with Gasteiger partial charge in [0.25, 0.3) is 0 Å². The third-order valence-electron chi connectivity index (χ3n) is 6.10. The minimum atomic E-state index is -0.914. The van der Waals surface area contributed by atoms with Crippen molar-refractivity contribution in [2.45, 2.75) is 65.1 Å². The number of carboxylic acid groups (broad SMARTS) is 1. The number of anilines is 1. The molecule has 0 unspecified atom stereocenters. The van der Waals surface area contributed by atoms with Crippen molar-refractivity contribution in [3.63, 3.8) is 0 Å². The highest BCUT2D eigenvalue weighted by Crippen LogP contribution is 2.31. The molecule has 3 heterocycles.